The standard InChI is InChI=1S/C13H20IN3O2.C9H10FIN2O.C4H11NO/c1-10(9-18-2)15-12-7-11(14)8-13(16-12)17-3-5-19-6-4-17;10-8-5-7(11)6-9(12-8)13-1-3-14-4-2-13;1-4(5)3-6-2/h7-8,10H,3-6,9H2,1-2H3,(H,15,16);5-6H,1-4H2;4H,3,5H2,1-2H3/t10-;;4-/m1.1/s1. The summed E-state index contributed by atoms with van der Waals surface area (Å²) >= 11 is 4.42. The zero-order valence-corrected chi connectivity index (χ0v) is 27.5. The number of rotatable bonds is 8. The molecule has 10 nitrogen and oxygen atoms in total. The normalized spacial score (nSPS) is 16.8. The monoisotopic (exact) mass is 774 g/mol. The average Bonchev–Trinajstić information content (AvgIpc) is 2.90. The van der Waals surface area contributed by atoms with E-state index in [9.17, 15) is 4.39 Å². The molecule has 2 aliphatic heterocycles. The molecule has 39 heavy (non-hydrogen) atoms. The van der Waals surface area contributed by atoms with Crippen LogP contribution in [0.3, 0.4) is 0 Å². The van der Waals surface area contributed by atoms with Gasteiger partial charge in [0.1, 0.15) is 17.5 Å². The molecular weight excluding hydrogens is 733 g/mol. The van der Waals surface area contributed by atoms with E-state index in [4.69, 9.17) is 19.9 Å². The maximum Gasteiger partial charge on any atom is 0.215 e. The van der Waals surface area contributed by atoms with Gasteiger partial charge < -0.3 is 39.8 Å². The smallest absolute Gasteiger partial charge is 0.215 e. The van der Waals surface area contributed by atoms with Crippen LogP contribution in [0.2, 0.25) is 0 Å². The molecule has 0 radical (unpaired) electrons. The Morgan fingerprint density at radius 2 is 1.36 bits per heavy atom. The number of hydrogen-bond donors (Lipinski definition) is 2. The van der Waals surface area contributed by atoms with Gasteiger partial charge in [0.05, 0.1) is 39.6 Å². The van der Waals surface area contributed by atoms with Crippen LogP contribution >= 0.6 is 45.2 Å². The Morgan fingerprint density at radius 1 is 0.872 bits per heavy atom. The van der Waals surface area contributed by atoms with Crippen molar-refractivity contribution in [1.82, 2.24) is 9.97 Å². The molecule has 0 saturated carbocycles. The molecule has 2 saturated heterocycles. The molecule has 2 aromatic heterocycles. The predicted octanol–water partition coefficient (Wildman–Crippen LogP) is 3.61. The second kappa shape index (κ2) is 19.1. The molecular formula is C26H41FI2N6O4. The van der Waals surface area contributed by atoms with Crippen LogP contribution in [-0.2, 0) is 18.9 Å². The minimum Gasteiger partial charge on any atom is -0.383 e. The third-order valence-electron chi connectivity index (χ3n) is 5.43. The maximum atomic E-state index is 13.0. The fraction of sp³-hybridized carbons (Fsp3) is 0.615. The Hall–Kier alpha value is -1.11. The Balaban J connectivity index is 0.000000234. The second-order valence-electron chi connectivity index (χ2n) is 9.13. The van der Waals surface area contributed by atoms with Crippen LogP contribution in [-0.4, -0.2) is 102 Å². The van der Waals surface area contributed by atoms with Crippen LogP contribution in [0, 0.1) is 13.1 Å². The number of ether oxygens (including phenoxy) is 4. The van der Waals surface area contributed by atoms with Gasteiger partial charge in [-0.05, 0) is 77.2 Å². The summed E-state index contributed by atoms with van der Waals surface area (Å²) in [5.41, 5.74) is 5.28. The van der Waals surface area contributed by atoms with E-state index in [0.717, 1.165) is 54.6 Å². The molecule has 0 unspecified atom stereocenters. The molecule has 4 heterocycles. The number of morpholine rings is 2. The molecule has 0 aromatic carbocycles. The van der Waals surface area contributed by atoms with Gasteiger partial charge in [-0.1, -0.05) is 0 Å². The molecule has 13 heteroatoms. The topological polar surface area (TPSA) is 107 Å². The molecule has 220 valence electrons. The lowest BCUT2D eigenvalue weighted by atomic mass is 10.3. The summed E-state index contributed by atoms with van der Waals surface area (Å²) < 4.78 is 35.5. The minimum atomic E-state index is -0.418. The number of anilines is 3. The van der Waals surface area contributed by atoms with Crippen molar-refractivity contribution in [2.75, 3.05) is 95.2 Å². The van der Waals surface area contributed by atoms with Gasteiger partial charge in [0.15, 0.2) is 0 Å². The van der Waals surface area contributed by atoms with Gasteiger partial charge in [0.2, 0.25) is 5.95 Å². The fourth-order valence-corrected chi connectivity index (χ4v) is 4.84. The van der Waals surface area contributed by atoms with Crippen molar-refractivity contribution in [2.45, 2.75) is 25.9 Å². The van der Waals surface area contributed by atoms with Crippen molar-refractivity contribution in [1.29, 1.82) is 0 Å². The quantitative estimate of drug-likeness (QED) is 0.306. The number of aromatic nitrogens is 2. The van der Waals surface area contributed by atoms with E-state index in [1.54, 1.807) is 14.2 Å². The highest BCUT2D eigenvalue weighted by atomic mass is 127. The highest BCUT2D eigenvalue weighted by Crippen LogP contribution is 2.21. The highest BCUT2D eigenvalue weighted by Gasteiger charge is 2.15. The van der Waals surface area contributed by atoms with Crippen LogP contribution in [0.1, 0.15) is 13.8 Å². The predicted molar refractivity (Wildman–Crippen MR) is 170 cm³/mol. The molecule has 2 aliphatic rings. The van der Waals surface area contributed by atoms with E-state index in [0.29, 0.717) is 32.2 Å². The Morgan fingerprint density at radius 3 is 1.79 bits per heavy atom. The summed E-state index contributed by atoms with van der Waals surface area (Å²) in [5.74, 6) is 2.20. The second-order valence-corrected chi connectivity index (χ2v) is 11.6. The zero-order chi connectivity index (χ0) is 28.6. The summed E-state index contributed by atoms with van der Waals surface area (Å²) in [7, 11) is 3.35. The van der Waals surface area contributed by atoms with Crippen molar-refractivity contribution >= 4 is 62.6 Å². The minimum absolute atomic E-state index is 0.176. The molecule has 4 rings (SSSR count). The number of nitrogens with two attached hydrogens (primary N) is 1. The Bertz CT molecular complexity index is 946. The van der Waals surface area contributed by atoms with Gasteiger partial charge >= 0.3 is 0 Å². The average molecular weight is 774 g/mol. The summed E-state index contributed by atoms with van der Waals surface area (Å²) in [6.07, 6.45) is 0. The lowest BCUT2D eigenvalue weighted by Gasteiger charge is -2.28. The third-order valence-corrected chi connectivity index (χ3v) is 6.68. The highest BCUT2D eigenvalue weighted by molar-refractivity contribution is 14.1. The van der Waals surface area contributed by atoms with Crippen LogP contribution in [0.4, 0.5) is 21.8 Å². The number of methoxy groups -OCH3 is 2. The number of nitrogens with zero attached hydrogens (tertiary/aromatic N) is 4. The fourth-order valence-electron chi connectivity index (χ4n) is 3.73. The van der Waals surface area contributed by atoms with Crippen LogP contribution < -0.4 is 20.9 Å². The Labute approximate surface area is 258 Å². The Kier molecular flexibility index (Phi) is 16.7. The van der Waals surface area contributed by atoms with E-state index in [2.05, 4.69) is 89.2 Å². The van der Waals surface area contributed by atoms with Gasteiger partial charge in [0.25, 0.3) is 0 Å². The van der Waals surface area contributed by atoms with Crippen molar-refractivity contribution in [3.8, 4) is 0 Å². The van der Waals surface area contributed by atoms with Gasteiger partial charge in [-0.25, -0.2) is 9.97 Å². The van der Waals surface area contributed by atoms with E-state index in [1.165, 1.54) is 9.64 Å². The molecule has 2 fully saturated rings. The van der Waals surface area contributed by atoms with E-state index in [1.807, 2.05) is 17.9 Å². The van der Waals surface area contributed by atoms with E-state index in [-0.39, 0.29) is 12.1 Å². The van der Waals surface area contributed by atoms with Crippen molar-refractivity contribution in [3.05, 3.63) is 37.4 Å². The number of halogens is 3. The summed E-state index contributed by atoms with van der Waals surface area (Å²) in [4.78, 5) is 12.8. The van der Waals surface area contributed by atoms with Crippen LogP contribution in [0.25, 0.3) is 0 Å². The first-order valence-electron chi connectivity index (χ1n) is 12.9. The number of nitrogens with one attached hydrogen (secondary N) is 1. The molecule has 0 spiro atoms. The largest absolute Gasteiger partial charge is 0.383 e. The summed E-state index contributed by atoms with van der Waals surface area (Å²) in [5, 5.41) is 3.36. The lowest BCUT2D eigenvalue weighted by Crippen LogP contribution is -2.37. The van der Waals surface area contributed by atoms with Gasteiger partial charge in [-0.15, -0.1) is 0 Å². The van der Waals surface area contributed by atoms with E-state index < -0.39 is 5.95 Å². The summed E-state index contributed by atoms with van der Waals surface area (Å²) in [6.45, 7) is 11.6. The van der Waals surface area contributed by atoms with E-state index >= 15 is 0 Å². The number of hydrogen-bond acceptors (Lipinski definition) is 10. The molecule has 0 amide bonds. The van der Waals surface area contributed by atoms with Crippen LogP contribution in [0.15, 0.2) is 24.3 Å². The first-order chi connectivity index (χ1) is 18.7. The van der Waals surface area contributed by atoms with Crippen molar-refractivity contribution in [3.63, 3.8) is 0 Å². The third kappa shape index (κ3) is 13.9. The number of pyridine rings is 2. The zero-order valence-electron chi connectivity index (χ0n) is 23.2. The lowest BCUT2D eigenvalue weighted by molar-refractivity contribution is 0.122. The molecule has 2 aromatic rings. The SMILES string of the molecule is COC[C@@H](C)N.COC[C@@H](C)Nc1cc(I)cc(N2CCOCC2)n1.Fc1cc(I)cc(N2CCOCC2)n1. The first-order valence-corrected chi connectivity index (χ1v) is 15.0. The molecule has 2 atom stereocenters. The molecule has 0 bridgehead atoms. The van der Waals surface area contributed by atoms with Gasteiger partial charge in [-0.3, -0.25) is 0 Å². The summed E-state index contributed by atoms with van der Waals surface area (Å²) in [6, 6.07) is 7.89. The molecule has 0 aliphatic carbocycles. The maximum absolute atomic E-state index is 13.0. The van der Waals surface area contributed by atoms with Crippen LogP contribution in [0.5, 0.6) is 0 Å². The van der Waals surface area contributed by atoms with Gasteiger partial charge in [-0.2, -0.15) is 4.39 Å². The molecule has 3 N–H and O–H groups in total. The van der Waals surface area contributed by atoms with Gasteiger partial charge in [0, 0.05) is 65.7 Å². The van der Waals surface area contributed by atoms with Crippen molar-refractivity contribution in [2.24, 2.45) is 5.73 Å². The van der Waals surface area contributed by atoms with Crippen molar-refractivity contribution < 1.29 is 23.3 Å². The first kappa shape index (κ1) is 34.1.